The van der Waals surface area contributed by atoms with Gasteiger partial charge in [0.1, 0.15) is 24.7 Å². The smallest absolute Gasteiger partial charge is 0.264 e. The Morgan fingerprint density at radius 3 is 2.28 bits per heavy atom. The lowest BCUT2D eigenvalue weighted by Crippen LogP contribution is -2.39. The van der Waals surface area contributed by atoms with Gasteiger partial charge in [-0.25, -0.2) is 13.8 Å². The zero-order chi connectivity index (χ0) is 30.1. The van der Waals surface area contributed by atoms with Crippen molar-refractivity contribution in [2.45, 2.75) is 18.4 Å². The number of benzene rings is 5. The van der Waals surface area contributed by atoms with E-state index in [0.717, 1.165) is 20.8 Å². The van der Waals surface area contributed by atoms with Gasteiger partial charge in [0.05, 0.1) is 23.4 Å². The van der Waals surface area contributed by atoms with Crippen LogP contribution in [0, 0.1) is 0 Å². The summed E-state index contributed by atoms with van der Waals surface area (Å²) in [6.07, 6.45) is 1.48. The van der Waals surface area contributed by atoms with E-state index < -0.39 is 22.5 Å². The summed E-state index contributed by atoms with van der Waals surface area (Å²) in [5, 5.41) is 6.38. The molecule has 1 amide bonds. The highest BCUT2D eigenvalue weighted by molar-refractivity contribution is 7.92. The summed E-state index contributed by atoms with van der Waals surface area (Å²) < 4.78 is 39.8. The van der Waals surface area contributed by atoms with Crippen LogP contribution in [0.4, 0.5) is 5.69 Å². The SMILES string of the molecule is CCOc1ccccc1N(CC(=O)N/N=C/c1ccc(OCc2ccc3ccccc3c2)cc1)S(=O)(=O)c1ccccc1. The first-order valence-electron chi connectivity index (χ1n) is 13.8. The molecule has 0 unspecified atom stereocenters. The Labute approximate surface area is 251 Å². The lowest BCUT2D eigenvalue weighted by atomic mass is 10.1. The van der Waals surface area contributed by atoms with Crippen LogP contribution < -0.4 is 19.2 Å². The fourth-order valence-corrected chi connectivity index (χ4v) is 5.90. The Morgan fingerprint density at radius 2 is 1.51 bits per heavy atom. The number of carbonyl (C=O) groups excluding carboxylic acids is 1. The topological polar surface area (TPSA) is 97.3 Å². The third kappa shape index (κ3) is 7.38. The number of hydrogen-bond donors (Lipinski definition) is 1. The van der Waals surface area contributed by atoms with Crippen LogP contribution >= 0.6 is 0 Å². The van der Waals surface area contributed by atoms with E-state index in [2.05, 4.69) is 34.8 Å². The molecule has 9 heteroatoms. The number of carbonyl (C=O) groups is 1. The second-order valence-electron chi connectivity index (χ2n) is 9.56. The van der Waals surface area contributed by atoms with Crippen LogP contribution in [0.15, 0.2) is 131 Å². The van der Waals surface area contributed by atoms with Gasteiger partial charge >= 0.3 is 0 Å². The van der Waals surface area contributed by atoms with Crippen LogP contribution in [0.5, 0.6) is 11.5 Å². The van der Waals surface area contributed by atoms with Crippen LogP contribution in [0.3, 0.4) is 0 Å². The number of nitrogens with one attached hydrogen (secondary N) is 1. The number of para-hydroxylation sites is 2. The van der Waals surface area contributed by atoms with Crippen molar-refractivity contribution in [3.63, 3.8) is 0 Å². The number of amides is 1. The van der Waals surface area contributed by atoms with Crippen molar-refractivity contribution < 1.29 is 22.7 Å². The quantitative estimate of drug-likeness (QED) is 0.138. The molecule has 0 aliphatic heterocycles. The summed E-state index contributed by atoms with van der Waals surface area (Å²) in [4.78, 5) is 13.0. The Kier molecular flexibility index (Phi) is 9.33. The van der Waals surface area contributed by atoms with Gasteiger partial charge in [0.15, 0.2) is 0 Å². The molecular formula is C34H31N3O5S. The largest absolute Gasteiger partial charge is 0.492 e. The van der Waals surface area contributed by atoms with E-state index in [4.69, 9.17) is 9.47 Å². The molecule has 0 atom stereocenters. The van der Waals surface area contributed by atoms with E-state index >= 15 is 0 Å². The predicted molar refractivity (Wildman–Crippen MR) is 169 cm³/mol. The molecule has 0 aliphatic rings. The molecule has 5 rings (SSSR count). The van der Waals surface area contributed by atoms with Gasteiger partial charge in [0.25, 0.3) is 15.9 Å². The summed E-state index contributed by atoms with van der Waals surface area (Å²) in [5.74, 6) is 0.435. The van der Waals surface area contributed by atoms with E-state index in [1.165, 1.54) is 23.7 Å². The molecular weight excluding hydrogens is 562 g/mol. The molecule has 0 saturated carbocycles. The van der Waals surface area contributed by atoms with Crippen molar-refractivity contribution in [1.29, 1.82) is 0 Å². The van der Waals surface area contributed by atoms with Gasteiger partial charge in [0, 0.05) is 0 Å². The number of hydrogen-bond acceptors (Lipinski definition) is 6. The van der Waals surface area contributed by atoms with E-state index in [1.807, 2.05) is 42.5 Å². The molecule has 8 nitrogen and oxygen atoms in total. The van der Waals surface area contributed by atoms with Crippen molar-refractivity contribution in [3.8, 4) is 11.5 Å². The minimum Gasteiger partial charge on any atom is -0.492 e. The van der Waals surface area contributed by atoms with Crippen molar-refractivity contribution in [1.82, 2.24) is 5.43 Å². The molecule has 218 valence electrons. The van der Waals surface area contributed by atoms with Gasteiger partial charge in [0.2, 0.25) is 0 Å². The molecule has 1 N–H and O–H groups in total. The third-order valence-corrected chi connectivity index (χ3v) is 8.33. The summed E-state index contributed by atoms with van der Waals surface area (Å²) in [6.45, 7) is 2.07. The monoisotopic (exact) mass is 593 g/mol. The average Bonchev–Trinajstić information content (AvgIpc) is 3.04. The number of sulfonamides is 1. The van der Waals surface area contributed by atoms with Crippen molar-refractivity contribution in [2.75, 3.05) is 17.5 Å². The van der Waals surface area contributed by atoms with E-state index in [0.29, 0.717) is 24.7 Å². The van der Waals surface area contributed by atoms with Gasteiger partial charge in [-0.2, -0.15) is 5.10 Å². The predicted octanol–water partition coefficient (Wildman–Crippen LogP) is 6.16. The molecule has 0 heterocycles. The van der Waals surface area contributed by atoms with Crippen molar-refractivity contribution in [3.05, 3.63) is 132 Å². The number of rotatable bonds is 12. The molecule has 0 aromatic heterocycles. The van der Waals surface area contributed by atoms with Crippen molar-refractivity contribution in [2.24, 2.45) is 5.10 Å². The first kappa shape index (κ1) is 29.3. The molecule has 5 aromatic rings. The van der Waals surface area contributed by atoms with Crippen LogP contribution in [-0.4, -0.2) is 33.7 Å². The normalized spacial score (nSPS) is 11.4. The minimum absolute atomic E-state index is 0.0560. The lowest BCUT2D eigenvalue weighted by Gasteiger charge is -2.25. The van der Waals surface area contributed by atoms with Crippen molar-refractivity contribution >= 4 is 38.6 Å². The molecule has 0 spiro atoms. The number of nitrogens with zero attached hydrogens (tertiary/aromatic N) is 2. The van der Waals surface area contributed by atoms with Gasteiger partial charge in [-0.3, -0.25) is 9.10 Å². The standard InChI is InChI=1S/C34H31N3O5S/c1-2-41-33-15-9-8-14-32(33)37(43(39,40)31-12-4-3-5-13-31)24-34(38)36-35-23-26-17-20-30(21-18-26)42-25-27-16-19-28-10-6-7-11-29(28)22-27/h3-23H,2,24-25H2,1H3,(H,36,38)/b35-23+. The number of anilines is 1. The average molecular weight is 594 g/mol. The maximum atomic E-state index is 13.6. The van der Waals surface area contributed by atoms with Gasteiger partial charge < -0.3 is 9.47 Å². The van der Waals surface area contributed by atoms with Gasteiger partial charge in [-0.15, -0.1) is 0 Å². The second-order valence-corrected chi connectivity index (χ2v) is 11.4. The van der Waals surface area contributed by atoms with E-state index in [1.54, 1.807) is 49.4 Å². The Balaban J connectivity index is 1.23. The maximum Gasteiger partial charge on any atom is 0.264 e. The second kappa shape index (κ2) is 13.7. The summed E-state index contributed by atoms with van der Waals surface area (Å²) in [7, 11) is -4.08. The summed E-state index contributed by atoms with van der Waals surface area (Å²) >= 11 is 0. The van der Waals surface area contributed by atoms with Crippen LogP contribution in [0.2, 0.25) is 0 Å². The van der Waals surface area contributed by atoms with Crippen LogP contribution in [-0.2, 0) is 21.4 Å². The lowest BCUT2D eigenvalue weighted by molar-refractivity contribution is -0.119. The molecule has 5 aromatic carbocycles. The van der Waals surface area contributed by atoms with Gasteiger partial charge in [-0.05, 0) is 83.4 Å². The summed E-state index contributed by atoms with van der Waals surface area (Å²) in [6, 6.07) is 36.3. The van der Waals surface area contributed by atoms with Gasteiger partial charge in [-0.1, -0.05) is 66.7 Å². The van der Waals surface area contributed by atoms with Crippen LogP contribution in [0.1, 0.15) is 18.1 Å². The first-order valence-corrected chi connectivity index (χ1v) is 15.2. The molecule has 0 radical (unpaired) electrons. The minimum atomic E-state index is -4.08. The highest BCUT2D eigenvalue weighted by Gasteiger charge is 2.29. The Morgan fingerprint density at radius 1 is 0.814 bits per heavy atom. The van der Waals surface area contributed by atoms with E-state index in [-0.39, 0.29) is 10.6 Å². The zero-order valence-electron chi connectivity index (χ0n) is 23.6. The molecule has 43 heavy (non-hydrogen) atoms. The zero-order valence-corrected chi connectivity index (χ0v) is 24.4. The first-order chi connectivity index (χ1) is 20.9. The fraction of sp³-hybridized carbons (Fsp3) is 0.118. The molecule has 0 fully saturated rings. The third-order valence-electron chi connectivity index (χ3n) is 6.55. The highest BCUT2D eigenvalue weighted by Crippen LogP contribution is 2.32. The van der Waals surface area contributed by atoms with Crippen LogP contribution in [0.25, 0.3) is 10.8 Å². The Bertz CT molecular complexity index is 1820. The molecule has 0 aliphatic carbocycles. The summed E-state index contributed by atoms with van der Waals surface area (Å²) in [5.41, 5.74) is 4.49. The molecule has 0 bridgehead atoms. The maximum absolute atomic E-state index is 13.6. The number of ether oxygens (including phenoxy) is 2. The number of hydrazone groups is 1. The highest BCUT2D eigenvalue weighted by atomic mass is 32.2. The van der Waals surface area contributed by atoms with E-state index in [9.17, 15) is 13.2 Å². The Hall–Kier alpha value is -5.15. The number of fused-ring (bicyclic) bond motifs is 1. The molecule has 0 saturated heterocycles. The fourth-order valence-electron chi connectivity index (χ4n) is 4.45.